The number of likely N-dealkylation sites (N-methyl/N-ethyl adjacent to an activating group) is 2. The van der Waals surface area contributed by atoms with Gasteiger partial charge in [0.1, 0.15) is 16.8 Å². The van der Waals surface area contributed by atoms with Gasteiger partial charge in [0.25, 0.3) is 5.91 Å². The molecule has 0 saturated carbocycles. The van der Waals surface area contributed by atoms with Crippen LogP contribution in [0.4, 0.5) is 10.1 Å². The molecular weight excluding hydrogens is 499 g/mol. The predicted octanol–water partition coefficient (Wildman–Crippen LogP) is 2.67. The molecule has 2 aromatic carbocycles. The van der Waals surface area contributed by atoms with Crippen LogP contribution in [0.25, 0.3) is 16.6 Å². The van der Waals surface area contributed by atoms with Gasteiger partial charge in [-0.3, -0.25) is 9.59 Å². The Balaban J connectivity index is 1.35. The van der Waals surface area contributed by atoms with Gasteiger partial charge in [-0.2, -0.15) is 0 Å². The number of hydrogen-bond acceptors (Lipinski definition) is 7. The number of rotatable bonds is 6. The highest BCUT2D eigenvalue weighted by molar-refractivity contribution is 6.01. The second kappa shape index (κ2) is 10.6. The molecule has 10 heteroatoms. The Hall–Kier alpha value is -3.47. The molecule has 2 saturated heterocycles. The molecule has 3 aromatic rings. The number of carbonyl (C=O) groups is 1. The molecule has 1 amide bonds. The number of halogens is 1. The highest BCUT2D eigenvalue weighted by Gasteiger charge is 2.30. The quantitative estimate of drug-likeness (QED) is 0.382. The van der Waals surface area contributed by atoms with Crippen molar-refractivity contribution >= 4 is 22.5 Å². The summed E-state index contributed by atoms with van der Waals surface area (Å²) in [5, 5.41) is 3.38. The first-order chi connectivity index (χ1) is 18.9. The summed E-state index contributed by atoms with van der Waals surface area (Å²) in [6.45, 7) is 8.25. The van der Waals surface area contributed by atoms with Crippen LogP contribution in [-0.4, -0.2) is 110 Å². The number of benzene rings is 2. The van der Waals surface area contributed by atoms with Crippen molar-refractivity contribution in [1.29, 1.82) is 0 Å². The molecule has 39 heavy (non-hydrogen) atoms. The van der Waals surface area contributed by atoms with E-state index in [4.69, 9.17) is 4.74 Å². The van der Waals surface area contributed by atoms with E-state index in [0.717, 1.165) is 52.2 Å². The Morgan fingerprint density at radius 2 is 1.69 bits per heavy atom. The lowest BCUT2D eigenvalue weighted by Crippen LogP contribution is -2.48. The van der Waals surface area contributed by atoms with E-state index in [1.54, 1.807) is 11.1 Å². The molecule has 0 atom stereocenters. The van der Waals surface area contributed by atoms with Gasteiger partial charge < -0.3 is 34.2 Å². The third kappa shape index (κ3) is 4.88. The molecule has 1 aromatic heterocycles. The number of piperazine rings is 2. The Morgan fingerprint density at radius 1 is 1.00 bits per heavy atom. The van der Waals surface area contributed by atoms with Crippen LogP contribution in [0, 0.1) is 5.82 Å². The first kappa shape index (κ1) is 25.8. The van der Waals surface area contributed by atoms with Crippen molar-refractivity contribution in [3.05, 3.63) is 58.1 Å². The normalized spacial score (nSPS) is 18.2. The number of para-hydroxylation sites is 2. The lowest BCUT2D eigenvalue weighted by Gasteiger charge is -2.33. The number of anilines is 1. The molecular formula is C29H35FN6O3. The van der Waals surface area contributed by atoms with Crippen molar-refractivity contribution in [3.8, 4) is 17.2 Å². The van der Waals surface area contributed by atoms with Crippen molar-refractivity contribution in [3.63, 3.8) is 0 Å². The van der Waals surface area contributed by atoms with E-state index in [1.807, 2.05) is 35.9 Å². The molecule has 6 rings (SSSR count). The Morgan fingerprint density at radius 3 is 2.44 bits per heavy atom. The third-order valence-electron chi connectivity index (χ3n) is 8.10. The van der Waals surface area contributed by atoms with Gasteiger partial charge in [-0.15, -0.1) is 0 Å². The Labute approximate surface area is 227 Å². The molecule has 9 nitrogen and oxygen atoms in total. The summed E-state index contributed by atoms with van der Waals surface area (Å²) in [5.74, 6) is -0.0712. The van der Waals surface area contributed by atoms with Crippen molar-refractivity contribution in [1.82, 2.24) is 24.2 Å². The molecule has 0 unspecified atom stereocenters. The molecule has 0 bridgehead atoms. The van der Waals surface area contributed by atoms with Gasteiger partial charge in [0.05, 0.1) is 11.1 Å². The van der Waals surface area contributed by atoms with Crippen LogP contribution < -0.4 is 15.5 Å². The summed E-state index contributed by atoms with van der Waals surface area (Å²) in [6.07, 6.45) is 2.45. The third-order valence-corrected chi connectivity index (χ3v) is 8.10. The maximum absolute atomic E-state index is 15.6. The van der Waals surface area contributed by atoms with Gasteiger partial charge >= 0.3 is 0 Å². The maximum Gasteiger partial charge on any atom is 0.259 e. The van der Waals surface area contributed by atoms with E-state index in [1.165, 1.54) is 6.07 Å². The number of carbonyl (C=O) groups excluding carboxylic acids is 1. The second-order valence-electron chi connectivity index (χ2n) is 10.8. The van der Waals surface area contributed by atoms with Gasteiger partial charge in [0, 0.05) is 65.1 Å². The molecule has 1 N–H and O–H groups in total. The lowest BCUT2D eigenvalue weighted by molar-refractivity contribution is 0.0662. The summed E-state index contributed by atoms with van der Waals surface area (Å²) >= 11 is 0. The zero-order valence-corrected chi connectivity index (χ0v) is 22.6. The van der Waals surface area contributed by atoms with Crippen molar-refractivity contribution in [2.75, 3.05) is 84.9 Å². The van der Waals surface area contributed by atoms with Crippen molar-refractivity contribution in [2.24, 2.45) is 0 Å². The number of pyridine rings is 1. The van der Waals surface area contributed by atoms with Crippen LogP contribution in [0.15, 0.2) is 41.3 Å². The zero-order chi connectivity index (χ0) is 27.1. The van der Waals surface area contributed by atoms with E-state index in [2.05, 4.69) is 27.1 Å². The first-order valence-electron chi connectivity index (χ1n) is 13.7. The highest BCUT2D eigenvalue weighted by Crippen LogP contribution is 2.45. The summed E-state index contributed by atoms with van der Waals surface area (Å²) in [5.41, 5.74) is 0.977. The number of amides is 1. The number of fused-ring (bicyclic) bond motifs is 2. The summed E-state index contributed by atoms with van der Waals surface area (Å²) in [4.78, 5) is 35.7. The lowest BCUT2D eigenvalue weighted by atomic mass is 10.1. The minimum atomic E-state index is -0.565. The fourth-order valence-corrected chi connectivity index (χ4v) is 5.65. The van der Waals surface area contributed by atoms with Crippen LogP contribution in [0.1, 0.15) is 16.8 Å². The number of nitrogens with one attached hydrogen (secondary N) is 1. The van der Waals surface area contributed by atoms with Crippen LogP contribution in [0.5, 0.6) is 11.5 Å². The smallest absolute Gasteiger partial charge is 0.259 e. The minimum absolute atomic E-state index is 0.0435. The van der Waals surface area contributed by atoms with Gasteiger partial charge in [-0.1, -0.05) is 12.1 Å². The van der Waals surface area contributed by atoms with E-state index in [9.17, 15) is 9.59 Å². The summed E-state index contributed by atoms with van der Waals surface area (Å²) in [6, 6.07) is 8.66. The topological polar surface area (TPSA) is 73.3 Å². The molecule has 3 aliphatic rings. The molecule has 0 spiro atoms. The largest absolute Gasteiger partial charge is 0.451 e. The maximum atomic E-state index is 15.6. The fourth-order valence-electron chi connectivity index (χ4n) is 5.65. The molecule has 0 radical (unpaired) electrons. The summed E-state index contributed by atoms with van der Waals surface area (Å²) in [7, 11) is 4.14. The summed E-state index contributed by atoms with van der Waals surface area (Å²) < 4.78 is 23.7. The van der Waals surface area contributed by atoms with E-state index < -0.39 is 11.2 Å². The molecule has 3 aliphatic heterocycles. The fraction of sp³-hybridized carbons (Fsp3) is 0.448. The van der Waals surface area contributed by atoms with Gasteiger partial charge in [-0.25, -0.2) is 4.39 Å². The van der Waals surface area contributed by atoms with E-state index in [-0.39, 0.29) is 28.3 Å². The SMILES string of the molecule is CN1CCN(CCCNc2c(F)cc3c(=O)c(C(=O)N4CCN(C)CC4)cn4c3c2Oc2ccccc2-4)CC1. The average Bonchev–Trinajstić information content (AvgIpc) is 2.94. The molecule has 2 fully saturated rings. The second-order valence-corrected chi connectivity index (χ2v) is 10.8. The van der Waals surface area contributed by atoms with Gasteiger partial charge in [0.15, 0.2) is 17.3 Å². The van der Waals surface area contributed by atoms with Crippen LogP contribution in [0.2, 0.25) is 0 Å². The van der Waals surface area contributed by atoms with Crippen molar-refractivity contribution in [2.45, 2.75) is 6.42 Å². The first-order valence-corrected chi connectivity index (χ1v) is 13.7. The number of ether oxygens (including phenoxy) is 1. The van der Waals surface area contributed by atoms with E-state index >= 15 is 4.39 Å². The van der Waals surface area contributed by atoms with Crippen LogP contribution >= 0.6 is 0 Å². The zero-order valence-electron chi connectivity index (χ0n) is 22.6. The van der Waals surface area contributed by atoms with Crippen LogP contribution in [0.3, 0.4) is 0 Å². The van der Waals surface area contributed by atoms with Gasteiger partial charge in [-0.05, 0) is 45.3 Å². The highest BCUT2D eigenvalue weighted by atomic mass is 19.1. The number of nitrogens with zero attached hydrogens (tertiary/aromatic N) is 5. The van der Waals surface area contributed by atoms with Crippen molar-refractivity contribution < 1.29 is 13.9 Å². The standard InChI is InChI=1S/C29H35FN6O3/c1-32-10-14-34(15-11-32)9-5-8-31-25-22(30)18-20-26-28(25)39-24-7-4-3-6-23(24)36(26)19-21(27(20)37)29(38)35-16-12-33(2)13-17-35/h3-4,6-7,18-19,31H,5,8-17H2,1-2H3. The Bertz CT molecular complexity index is 1460. The molecule has 0 aliphatic carbocycles. The predicted molar refractivity (Wildman–Crippen MR) is 150 cm³/mol. The molecule has 4 heterocycles. The Kier molecular flexibility index (Phi) is 7.01. The average molecular weight is 535 g/mol. The number of hydrogen-bond donors (Lipinski definition) is 1. The van der Waals surface area contributed by atoms with E-state index in [0.29, 0.717) is 36.6 Å². The molecule has 206 valence electrons. The van der Waals surface area contributed by atoms with Gasteiger partial charge in [0.2, 0.25) is 5.43 Å². The van der Waals surface area contributed by atoms with Crippen LogP contribution in [-0.2, 0) is 0 Å². The minimum Gasteiger partial charge on any atom is -0.451 e. The monoisotopic (exact) mass is 534 g/mol. The number of aromatic nitrogens is 1.